The number of ether oxygens (including phenoxy) is 1. The minimum atomic E-state index is -0.429. The van der Waals surface area contributed by atoms with Crippen molar-refractivity contribution in [2.45, 2.75) is 26.4 Å². The molecule has 28 heavy (non-hydrogen) atoms. The molecule has 1 atom stereocenters. The smallest absolute Gasteiger partial charge is 0.338 e. The van der Waals surface area contributed by atoms with Gasteiger partial charge in [0.15, 0.2) is 0 Å². The lowest BCUT2D eigenvalue weighted by Crippen LogP contribution is -2.28. The maximum Gasteiger partial charge on any atom is 0.338 e. The molecule has 0 aliphatic carbocycles. The molecule has 2 aromatic carbocycles. The molecule has 3 rings (SSSR count). The Balaban J connectivity index is 1.61. The van der Waals surface area contributed by atoms with Crippen LogP contribution < -0.4 is 10.2 Å². The van der Waals surface area contributed by atoms with E-state index in [1.165, 1.54) is 0 Å². The Morgan fingerprint density at radius 3 is 2.36 bits per heavy atom. The van der Waals surface area contributed by atoms with E-state index in [9.17, 15) is 14.4 Å². The summed E-state index contributed by atoms with van der Waals surface area (Å²) in [5.41, 5.74) is 1.77. The minimum Gasteiger partial charge on any atom is -0.459 e. The molecule has 0 spiro atoms. The number of nitrogens with zero attached hydrogens (tertiary/aromatic N) is 1. The first kappa shape index (κ1) is 20.1. The highest BCUT2D eigenvalue weighted by Crippen LogP contribution is 2.27. The van der Waals surface area contributed by atoms with Crippen molar-refractivity contribution in [1.29, 1.82) is 0 Å². The Hall–Kier alpha value is -2.67. The van der Waals surface area contributed by atoms with Crippen LogP contribution in [0.1, 0.15) is 30.6 Å². The van der Waals surface area contributed by atoms with Gasteiger partial charge < -0.3 is 15.0 Å². The number of amides is 2. The lowest BCUT2D eigenvalue weighted by Gasteiger charge is -2.17. The van der Waals surface area contributed by atoms with Crippen LogP contribution in [-0.4, -0.2) is 30.4 Å². The zero-order valence-electron chi connectivity index (χ0n) is 15.6. The van der Waals surface area contributed by atoms with E-state index >= 15 is 0 Å². The normalized spacial score (nSPS) is 16.4. The molecule has 0 radical (unpaired) electrons. The number of rotatable bonds is 5. The third kappa shape index (κ3) is 4.78. The molecule has 0 bridgehead atoms. The maximum atomic E-state index is 12.6. The average Bonchev–Trinajstić information content (AvgIpc) is 3.04. The van der Waals surface area contributed by atoms with Gasteiger partial charge in [-0.25, -0.2) is 4.79 Å². The van der Waals surface area contributed by atoms with Crippen molar-refractivity contribution in [3.8, 4) is 0 Å². The monoisotopic (exact) mass is 444 g/mol. The van der Waals surface area contributed by atoms with Gasteiger partial charge in [0.25, 0.3) is 0 Å². The van der Waals surface area contributed by atoms with Crippen molar-refractivity contribution >= 4 is 45.1 Å². The third-order valence-corrected chi connectivity index (χ3v) is 4.89. The predicted octanol–water partition coefficient (Wildman–Crippen LogP) is 4.01. The maximum absolute atomic E-state index is 12.6. The molecule has 7 heteroatoms. The number of hydrogen-bond acceptors (Lipinski definition) is 4. The molecule has 1 aliphatic rings. The largest absolute Gasteiger partial charge is 0.459 e. The van der Waals surface area contributed by atoms with Gasteiger partial charge in [0.2, 0.25) is 11.8 Å². The van der Waals surface area contributed by atoms with Crippen molar-refractivity contribution in [3.63, 3.8) is 0 Å². The molecule has 0 aromatic heterocycles. The molecular formula is C21H21BrN2O4. The molecule has 2 aromatic rings. The van der Waals surface area contributed by atoms with Crippen LogP contribution in [0.3, 0.4) is 0 Å². The highest BCUT2D eigenvalue weighted by molar-refractivity contribution is 9.10. The molecule has 0 saturated carbocycles. The summed E-state index contributed by atoms with van der Waals surface area (Å²) in [6, 6.07) is 13.9. The molecule has 0 unspecified atom stereocenters. The SMILES string of the molecule is CC(C)OC(=O)c1ccc(NC(=O)[C@H]2CC(=O)N(c3ccc(Br)cc3)C2)cc1. The van der Waals surface area contributed by atoms with Crippen LogP contribution in [0.25, 0.3) is 0 Å². The molecule has 6 nitrogen and oxygen atoms in total. The Bertz CT molecular complexity index is 878. The number of nitrogens with one attached hydrogen (secondary N) is 1. The van der Waals surface area contributed by atoms with E-state index < -0.39 is 11.9 Å². The zero-order valence-corrected chi connectivity index (χ0v) is 17.2. The summed E-state index contributed by atoms with van der Waals surface area (Å²) < 4.78 is 6.07. The fraction of sp³-hybridized carbons (Fsp3) is 0.286. The number of halogens is 1. The molecule has 1 heterocycles. The minimum absolute atomic E-state index is 0.0748. The number of anilines is 2. The van der Waals surface area contributed by atoms with Gasteiger partial charge in [0.1, 0.15) is 0 Å². The van der Waals surface area contributed by atoms with E-state index in [2.05, 4.69) is 21.2 Å². The summed E-state index contributed by atoms with van der Waals surface area (Å²) in [5, 5.41) is 2.82. The molecule has 1 N–H and O–H groups in total. The second-order valence-corrected chi connectivity index (χ2v) is 7.82. The van der Waals surface area contributed by atoms with Gasteiger partial charge in [-0.1, -0.05) is 15.9 Å². The average molecular weight is 445 g/mol. The Labute approximate surface area is 172 Å². The molecular weight excluding hydrogens is 424 g/mol. The quantitative estimate of drug-likeness (QED) is 0.706. The fourth-order valence-corrected chi connectivity index (χ4v) is 3.23. The fourth-order valence-electron chi connectivity index (χ4n) is 2.97. The zero-order chi connectivity index (χ0) is 20.3. The number of benzene rings is 2. The summed E-state index contributed by atoms with van der Waals surface area (Å²) >= 11 is 3.37. The van der Waals surface area contributed by atoms with Crippen molar-refractivity contribution in [2.75, 3.05) is 16.8 Å². The molecule has 1 fully saturated rings. The number of hydrogen-bond donors (Lipinski definition) is 1. The summed E-state index contributed by atoms with van der Waals surface area (Å²) in [7, 11) is 0. The van der Waals surface area contributed by atoms with E-state index in [4.69, 9.17) is 4.74 Å². The highest BCUT2D eigenvalue weighted by atomic mass is 79.9. The molecule has 146 valence electrons. The van der Waals surface area contributed by atoms with E-state index in [0.29, 0.717) is 17.8 Å². The van der Waals surface area contributed by atoms with Crippen LogP contribution in [0.5, 0.6) is 0 Å². The Kier molecular flexibility index (Phi) is 6.14. The standard InChI is InChI=1S/C21H21BrN2O4/c1-13(2)28-21(27)14-3-7-17(8-4-14)23-20(26)15-11-19(25)24(12-15)18-9-5-16(22)6-10-18/h3-10,13,15H,11-12H2,1-2H3,(H,23,26)/t15-/m0/s1. The lowest BCUT2D eigenvalue weighted by molar-refractivity contribution is -0.122. The Morgan fingerprint density at radius 2 is 1.75 bits per heavy atom. The van der Waals surface area contributed by atoms with Crippen LogP contribution in [-0.2, 0) is 14.3 Å². The van der Waals surface area contributed by atoms with Gasteiger partial charge in [0.05, 0.1) is 17.6 Å². The van der Waals surface area contributed by atoms with Gasteiger partial charge in [-0.05, 0) is 62.4 Å². The second kappa shape index (κ2) is 8.56. The van der Waals surface area contributed by atoms with E-state index in [0.717, 1.165) is 10.2 Å². The number of esters is 1. The van der Waals surface area contributed by atoms with E-state index in [-0.39, 0.29) is 24.3 Å². The molecule has 1 aliphatic heterocycles. The summed E-state index contributed by atoms with van der Waals surface area (Å²) in [4.78, 5) is 38.4. The van der Waals surface area contributed by atoms with Crippen LogP contribution in [0, 0.1) is 5.92 Å². The molecule has 2 amide bonds. The predicted molar refractivity (Wildman–Crippen MR) is 110 cm³/mol. The van der Waals surface area contributed by atoms with Crippen molar-refractivity contribution in [2.24, 2.45) is 5.92 Å². The van der Waals surface area contributed by atoms with Gasteiger partial charge in [-0.15, -0.1) is 0 Å². The third-order valence-electron chi connectivity index (χ3n) is 4.37. The summed E-state index contributed by atoms with van der Waals surface area (Å²) in [5.74, 6) is -1.12. The van der Waals surface area contributed by atoms with Crippen molar-refractivity contribution in [3.05, 3.63) is 58.6 Å². The van der Waals surface area contributed by atoms with Crippen molar-refractivity contribution in [1.82, 2.24) is 0 Å². The van der Waals surface area contributed by atoms with Crippen LogP contribution in [0.4, 0.5) is 11.4 Å². The van der Waals surface area contributed by atoms with Crippen molar-refractivity contribution < 1.29 is 19.1 Å². The van der Waals surface area contributed by atoms with Crippen LogP contribution >= 0.6 is 15.9 Å². The molecule has 1 saturated heterocycles. The lowest BCUT2D eigenvalue weighted by atomic mass is 10.1. The van der Waals surface area contributed by atoms with Gasteiger partial charge >= 0.3 is 5.97 Å². The first-order valence-corrected chi connectivity index (χ1v) is 9.80. The topological polar surface area (TPSA) is 75.7 Å². The first-order chi connectivity index (χ1) is 13.3. The number of carbonyl (C=O) groups is 3. The van der Waals surface area contributed by atoms with Gasteiger partial charge in [-0.2, -0.15) is 0 Å². The summed E-state index contributed by atoms with van der Waals surface area (Å²) in [6.07, 6.45) is -0.0267. The van der Waals surface area contributed by atoms with Gasteiger partial charge in [-0.3, -0.25) is 9.59 Å². The Morgan fingerprint density at radius 1 is 1.11 bits per heavy atom. The number of carbonyl (C=O) groups excluding carboxylic acids is 3. The van der Waals surface area contributed by atoms with E-state index in [1.807, 2.05) is 24.3 Å². The highest BCUT2D eigenvalue weighted by Gasteiger charge is 2.35. The van der Waals surface area contributed by atoms with Gasteiger partial charge in [0, 0.05) is 28.8 Å². The van der Waals surface area contributed by atoms with Crippen LogP contribution in [0.15, 0.2) is 53.0 Å². The van der Waals surface area contributed by atoms with Crippen LogP contribution in [0.2, 0.25) is 0 Å². The summed E-state index contributed by atoms with van der Waals surface area (Å²) in [6.45, 7) is 3.91. The van der Waals surface area contributed by atoms with E-state index in [1.54, 1.807) is 43.0 Å². The second-order valence-electron chi connectivity index (χ2n) is 6.90. The first-order valence-electron chi connectivity index (χ1n) is 9.01.